The Kier molecular flexibility index (Phi) is 4.29. The highest BCUT2D eigenvalue weighted by Crippen LogP contribution is 2.29. The maximum absolute atomic E-state index is 5.75. The van der Waals surface area contributed by atoms with Crippen LogP contribution in [-0.2, 0) is 6.42 Å². The van der Waals surface area contributed by atoms with Crippen LogP contribution in [0.5, 0.6) is 11.5 Å². The minimum absolute atomic E-state index is 0.600. The van der Waals surface area contributed by atoms with Crippen molar-refractivity contribution in [2.24, 2.45) is 0 Å². The van der Waals surface area contributed by atoms with Crippen LogP contribution in [-0.4, -0.2) is 13.7 Å². The molecular formula is C16H19NO2. The van der Waals surface area contributed by atoms with Crippen LogP contribution in [0.3, 0.4) is 0 Å². The van der Waals surface area contributed by atoms with Gasteiger partial charge in [0.15, 0.2) is 11.5 Å². The summed E-state index contributed by atoms with van der Waals surface area (Å²) in [4.78, 5) is 0. The van der Waals surface area contributed by atoms with Gasteiger partial charge >= 0.3 is 0 Å². The molecule has 0 heterocycles. The molecule has 0 aliphatic heterocycles. The Bertz CT molecular complexity index is 535. The van der Waals surface area contributed by atoms with Crippen LogP contribution >= 0.6 is 0 Å². The summed E-state index contributed by atoms with van der Waals surface area (Å²) in [5.41, 5.74) is 8.94. The average Bonchev–Trinajstić information content (AvgIpc) is 2.41. The van der Waals surface area contributed by atoms with Crippen LogP contribution in [0, 0.1) is 6.92 Å². The lowest BCUT2D eigenvalue weighted by Gasteiger charge is -2.11. The predicted octanol–water partition coefficient (Wildman–Crippen LogP) is 3.21. The topological polar surface area (TPSA) is 44.5 Å². The number of nitrogen functional groups attached to an aromatic ring is 1. The maximum Gasteiger partial charge on any atom is 0.163 e. The summed E-state index contributed by atoms with van der Waals surface area (Å²) in [7, 11) is 1.62. The number of anilines is 1. The van der Waals surface area contributed by atoms with E-state index in [9.17, 15) is 0 Å². The molecule has 2 rings (SSSR count). The standard InChI is InChI=1S/C16H19NO2/c1-12-3-5-13(6-4-12)9-10-19-16-11-14(17)7-8-15(16)18-2/h3-8,11H,9-10,17H2,1-2H3. The molecule has 19 heavy (non-hydrogen) atoms. The quantitative estimate of drug-likeness (QED) is 0.836. The lowest BCUT2D eigenvalue weighted by Crippen LogP contribution is -2.03. The summed E-state index contributed by atoms with van der Waals surface area (Å²) in [5, 5.41) is 0. The fraction of sp³-hybridized carbons (Fsp3) is 0.250. The van der Waals surface area contributed by atoms with E-state index in [-0.39, 0.29) is 0 Å². The third-order valence-corrected chi connectivity index (χ3v) is 2.96. The zero-order valence-corrected chi connectivity index (χ0v) is 11.3. The molecule has 100 valence electrons. The zero-order valence-electron chi connectivity index (χ0n) is 11.3. The molecule has 0 saturated carbocycles. The number of benzene rings is 2. The van der Waals surface area contributed by atoms with Crippen molar-refractivity contribution >= 4 is 5.69 Å². The second kappa shape index (κ2) is 6.14. The first-order chi connectivity index (χ1) is 9.19. The molecule has 0 amide bonds. The minimum Gasteiger partial charge on any atom is -0.493 e. The van der Waals surface area contributed by atoms with Gasteiger partial charge in [0.1, 0.15) is 0 Å². The molecule has 3 heteroatoms. The Morgan fingerprint density at radius 1 is 1.00 bits per heavy atom. The number of hydrogen-bond donors (Lipinski definition) is 1. The van der Waals surface area contributed by atoms with Crippen molar-refractivity contribution in [2.45, 2.75) is 13.3 Å². The van der Waals surface area contributed by atoms with E-state index >= 15 is 0 Å². The molecule has 0 radical (unpaired) electrons. The van der Waals surface area contributed by atoms with E-state index < -0.39 is 0 Å². The number of methoxy groups -OCH3 is 1. The third kappa shape index (κ3) is 3.65. The maximum atomic E-state index is 5.75. The average molecular weight is 257 g/mol. The molecule has 0 aliphatic carbocycles. The molecule has 0 atom stereocenters. The summed E-state index contributed by atoms with van der Waals surface area (Å²) in [6.07, 6.45) is 0.859. The molecule has 0 unspecified atom stereocenters. The van der Waals surface area contributed by atoms with Gasteiger partial charge in [0.25, 0.3) is 0 Å². The van der Waals surface area contributed by atoms with Crippen molar-refractivity contribution in [3.8, 4) is 11.5 Å². The summed E-state index contributed by atoms with van der Waals surface area (Å²) >= 11 is 0. The molecule has 0 aromatic heterocycles. The molecule has 0 spiro atoms. The highest BCUT2D eigenvalue weighted by molar-refractivity contribution is 5.51. The lowest BCUT2D eigenvalue weighted by atomic mass is 10.1. The van der Waals surface area contributed by atoms with Crippen molar-refractivity contribution in [1.29, 1.82) is 0 Å². The van der Waals surface area contributed by atoms with E-state index in [1.807, 2.05) is 6.07 Å². The Hall–Kier alpha value is -2.16. The van der Waals surface area contributed by atoms with Crippen molar-refractivity contribution in [1.82, 2.24) is 0 Å². The van der Waals surface area contributed by atoms with Crippen LogP contribution in [0.1, 0.15) is 11.1 Å². The molecule has 2 aromatic carbocycles. The Balaban J connectivity index is 1.95. The molecule has 3 nitrogen and oxygen atoms in total. The molecule has 0 fully saturated rings. The summed E-state index contributed by atoms with van der Waals surface area (Å²) in [6.45, 7) is 2.68. The van der Waals surface area contributed by atoms with Crippen molar-refractivity contribution in [2.75, 3.05) is 19.5 Å². The number of rotatable bonds is 5. The van der Waals surface area contributed by atoms with Crippen LogP contribution < -0.4 is 15.2 Å². The molecule has 2 aromatic rings. The van der Waals surface area contributed by atoms with Gasteiger partial charge in [-0.15, -0.1) is 0 Å². The molecular weight excluding hydrogens is 238 g/mol. The van der Waals surface area contributed by atoms with Gasteiger partial charge in [-0.2, -0.15) is 0 Å². The first-order valence-corrected chi connectivity index (χ1v) is 6.31. The summed E-state index contributed by atoms with van der Waals surface area (Å²) < 4.78 is 11.0. The van der Waals surface area contributed by atoms with Gasteiger partial charge in [-0.3, -0.25) is 0 Å². The number of hydrogen-bond acceptors (Lipinski definition) is 3. The third-order valence-electron chi connectivity index (χ3n) is 2.96. The van der Waals surface area contributed by atoms with Crippen molar-refractivity contribution in [3.63, 3.8) is 0 Å². The van der Waals surface area contributed by atoms with Gasteiger partial charge in [0.05, 0.1) is 13.7 Å². The second-order valence-electron chi connectivity index (χ2n) is 4.49. The zero-order chi connectivity index (χ0) is 13.7. The minimum atomic E-state index is 0.600. The Morgan fingerprint density at radius 2 is 1.74 bits per heavy atom. The van der Waals surface area contributed by atoms with Crippen LogP contribution in [0.2, 0.25) is 0 Å². The largest absolute Gasteiger partial charge is 0.493 e. The van der Waals surface area contributed by atoms with E-state index in [0.29, 0.717) is 23.8 Å². The number of aryl methyl sites for hydroxylation is 1. The SMILES string of the molecule is COc1ccc(N)cc1OCCc1ccc(C)cc1. The first kappa shape index (κ1) is 13.3. The van der Waals surface area contributed by atoms with Crippen LogP contribution in [0.15, 0.2) is 42.5 Å². The van der Waals surface area contributed by atoms with Gasteiger partial charge in [0, 0.05) is 18.2 Å². The fourth-order valence-corrected chi connectivity index (χ4v) is 1.84. The van der Waals surface area contributed by atoms with E-state index in [1.165, 1.54) is 11.1 Å². The molecule has 2 N–H and O–H groups in total. The normalized spacial score (nSPS) is 10.2. The summed E-state index contributed by atoms with van der Waals surface area (Å²) in [5.74, 6) is 1.40. The van der Waals surface area contributed by atoms with Gasteiger partial charge in [-0.25, -0.2) is 0 Å². The second-order valence-corrected chi connectivity index (χ2v) is 4.49. The van der Waals surface area contributed by atoms with Gasteiger partial charge < -0.3 is 15.2 Å². The molecule has 0 saturated heterocycles. The predicted molar refractivity (Wildman–Crippen MR) is 77.8 cm³/mol. The van der Waals surface area contributed by atoms with Crippen LogP contribution in [0.25, 0.3) is 0 Å². The highest BCUT2D eigenvalue weighted by atomic mass is 16.5. The molecule has 0 bridgehead atoms. The number of nitrogens with two attached hydrogens (primary N) is 1. The number of ether oxygens (including phenoxy) is 2. The Labute approximate surface area is 114 Å². The monoisotopic (exact) mass is 257 g/mol. The van der Waals surface area contributed by atoms with Gasteiger partial charge in [-0.05, 0) is 24.6 Å². The fourth-order valence-electron chi connectivity index (χ4n) is 1.84. The van der Waals surface area contributed by atoms with Crippen molar-refractivity contribution in [3.05, 3.63) is 53.6 Å². The van der Waals surface area contributed by atoms with E-state index in [4.69, 9.17) is 15.2 Å². The Morgan fingerprint density at radius 3 is 2.42 bits per heavy atom. The van der Waals surface area contributed by atoms with E-state index in [0.717, 1.165) is 6.42 Å². The van der Waals surface area contributed by atoms with E-state index in [2.05, 4.69) is 31.2 Å². The molecule has 0 aliphatic rings. The highest BCUT2D eigenvalue weighted by Gasteiger charge is 2.04. The smallest absolute Gasteiger partial charge is 0.163 e. The van der Waals surface area contributed by atoms with Crippen LogP contribution in [0.4, 0.5) is 5.69 Å². The lowest BCUT2D eigenvalue weighted by molar-refractivity contribution is 0.298. The first-order valence-electron chi connectivity index (χ1n) is 6.31. The van der Waals surface area contributed by atoms with Crippen molar-refractivity contribution < 1.29 is 9.47 Å². The summed E-state index contributed by atoms with van der Waals surface area (Å²) in [6, 6.07) is 13.9. The van der Waals surface area contributed by atoms with E-state index in [1.54, 1.807) is 19.2 Å². The van der Waals surface area contributed by atoms with Gasteiger partial charge in [-0.1, -0.05) is 29.8 Å². The van der Waals surface area contributed by atoms with Gasteiger partial charge in [0.2, 0.25) is 0 Å².